The van der Waals surface area contributed by atoms with Crippen LogP contribution in [0.1, 0.15) is 41.3 Å². The summed E-state index contributed by atoms with van der Waals surface area (Å²) in [5.41, 5.74) is 4.26. The molecule has 1 N–H and O–H groups in total. The quantitative estimate of drug-likeness (QED) is 0.485. The van der Waals surface area contributed by atoms with Gasteiger partial charge < -0.3 is 14.3 Å². The second kappa shape index (κ2) is 9.50. The molecule has 0 amide bonds. The molecule has 1 aromatic heterocycles. The number of aliphatic carboxylic acids is 1. The first-order valence-electron chi connectivity index (χ1n) is 11.1. The fourth-order valence-electron chi connectivity index (χ4n) is 4.27. The van der Waals surface area contributed by atoms with Gasteiger partial charge in [0.25, 0.3) is 0 Å². The minimum Gasteiger partial charge on any atom is -0.493 e. The van der Waals surface area contributed by atoms with E-state index in [1.807, 2.05) is 31.2 Å². The van der Waals surface area contributed by atoms with Gasteiger partial charge in [0.05, 0.1) is 30.7 Å². The summed E-state index contributed by atoms with van der Waals surface area (Å²) >= 11 is 0. The maximum Gasteiger partial charge on any atom is 0.303 e. The second-order valence-corrected chi connectivity index (χ2v) is 10.6. The molecule has 3 aromatic rings. The molecule has 0 unspecified atom stereocenters. The maximum atomic E-state index is 11.8. The average molecular weight is 485 g/mol. The molecule has 0 saturated carbocycles. The van der Waals surface area contributed by atoms with Crippen LogP contribution in [0.4, 0.5) is 5.69 Å². The van der Waals surface area contributed by atoms with E-state index in [-0.39, 0.29) is 12.3 Å². The van der Waals surface area contributed by atoms with Crippen molar-refractivity contribution in [2.45, 2.75) is 38.5 Å². The van der Waals surface area contributed by atoms with E-state index in [0.717, 1.165) is 41.7 Å². The predicted octanol–water partition coefficient (Wildman–Crippen LogP) is 4.17. The van der Waals surface area contributed by atoms with Crippen LogP contribution in [0.5, 0.6) is 5.75 Å². The third-order valence-electron chi connectivity index (χ3n) is 6.19. The van der Waals surface area contributed by atoms with Crippen molar-refractivity contribution in [3.8, 4) is 17.2 Å². The predicted molar refractivity (Wildman–Crippen MR) is 129 cm³/mol. The van der Waals surface area contributed by atoms with E-state index in [0.29, 0.717) is 35.9 Å². The van der Waals surface area contributed by atoms with Gasteiger partial charge in [0.1, 0.15) is 11.5 Å². The highest BCUT2D eigenvalue weighted by atomic mass is 32.2. The van der Waals surface area contributed by atoms with Crippen molar-refractivity contribution < 1.29 is 27.5 Å². The molecule has 1 atom stereocenters. The normalized spacial score (nSPS) is 15.2. The molecule has 34 heavy (non-hydrogen) atoms. The van der Waals surface area contributed by atoms with Gasteiger partial charge in [-0.3, -0.25) is 9.10 Å². The second-order valence-electron chi connectivity index (χ2n) is 8.60. The molecule has 0 radical (unpaired) electrons. The number of aromatic nitrogens is 1. The van der Waals surface area contributed by atoms with Crippen LogP contribution in [-0.4, -0.2) is 44.4 Å². The van der Waals surface area contributed by atoms with Crippen LogP contribution in [0.25, 0.3) is 11.5 Å². The van der Waals surface area contributed by atoms with Crippen molar-refractivity contribution in [1.82, 2.24) is 4.98 Å². The third kappa shape index (κ3) is 5.25. The van der Waals surface area contributed by atoms with Crippen molar-refractivity contribution in [3.05, 3.63) is 65.0 Å². The molecule has 0 aliphatic heterocycles. The summed E-state index contributed by atoms with van der Waals surface area (Å²) in [4.78, 5) is 15.6. The van der Waals surface area contributed by atoms with Crippen LogP contribution in [0, 0.1) is 6.92 Å². The Bertz CT molecular complexity index is 1310. The van der Waals surface area contributed by atoms with Crippen LogP contribution in [-0.2, 0) is 27.7 Å². The number of benzene rings is 2. The van der Waals surface area contributed by atoms with E-state index in [9.17, 15) is 13.2 Å². The molecule has 1 heterocycles. The van der Waals surface area contributed by atoms with Gasteiger partial charge >= 0.3 is 5.97 Å². The van der Waals surface area contributed by atoms with Gasteiger partial charge in [-0.15, -0.1) is 0 Å². The average Bonchev–Trinajstić information content (AvgIpc) is 3.35. The molecule has 1 aliphatic carbocycles. The summed E-state index contributed by atoms with van der Waals surface area (Å²) in [6.45, 7) is 2.26. The van der Waals surface area contributed by atoms with Crippen molar-refractivity contribution >= 4 is 21.7 Å². The number of carboxylic acid groups (broad SMARTS) is 1. The Hall–Kier alpha value is -3.33. The van der Waals surface area contributed by atoms with Gasteiger partial charge in [0, 0.05) is 19.0 Å². The Kier molecular flexibility index (Phi) is 6.65. The number of carboxylic acids is 1. The maximum absolute atomic E-state index is 11.8. The smallest absolute Gasteiger partial charge is 0.303 e. The van der Waals surface area contributed by atoms with Crippen LogP contribution in [0.15, 0.2) is 46.9 Å². The topological polar surface area (TPSA) is 110 Å². The van der Waals surface area contributed by atoms with E-state index in [4.69, 9.17) is 14.3 Å². The van der Waals surface area contributed by atoms with E-state index in [1.54, 1.807) is 18.2 Å². The molecule has 180 valence electrons. The fourth-order valence-corrected chi connectivity index (χ4v) is 4.77. The Morgan fingerprint density at radius 1 is 1.26 bits per heavy atom. The molecule has 2 aromatic carbocycles. The number of hydrogen-bond donors (Lipinski definition) is 1. The first kappa shape index (κ1) is 23.8. The lowest BCUT2D eigenvalue weighted by Crippen LogP contribution is -2.24. The molecular weight excluding hydrogens is 456 g/mol. The number of ether oxygens (including phenoxy) is 1. The van der Waals surface area contributed by atoms with Gasteiger partial charge in [0.15, 0.2) is 0 Å². The first-order chi connectivity index (χ1) is 16.1. The lowest BCUT2D eigenvalue weighted by atomic mass is 9.98. The molecule has 0 fully saturated rings. The zero-order valence-corrected chi connectivity index (χ0v) is 20.3. The lowest BCUT2D eigenvalue weighted by Gasteiger charge is -2.16. The number of anilines is 1. The number of carbonyl (C=O) groups is 1. The zero-order valence-electron chi connectivity index (χ0n) is 19.4. The van der Waals surface area contributed by atoms with Gasteiger partial charge in [-0.25, -0.2) is 13.4 Å². The van der Waals surface area contributed by atoms with E-state index in [2.05, 4.69) is 4.98 Å². The van der Waals surface area contributed by atoms with E-state index < -0.39 is 16.0 Å². The van der Waals surface area contributed by atoms with Crippen LogP contribution < -0.4 is 9.04 Å². The summed E-state index contributed by atoms with van der Waals surface area (Å²) in [5, 5.41) is 9.08. The van der Waals surface area contributed by atoms with Gasteiger partial charge in [0.2, 0.25) is 15.9 Å². The summed E-state index contributed by atoms with van der Waals surface area (Å²) in [6.07, 6.45) is 3.59. The fraction of sp³-hybridized carbons (Fsp3) is 0.360. The van der Waals surface area contributed by atoms with Gasteiger partial charge in [-0.2, -0.15) is 0 Å². The zero-order chi connectivity index (χ0) is 24.5. The van der Waals surface area contributed by atoms with Crippen LogP contribution >= 0.6 is 0 Å². The lowest BCUT2D eigenvalue weighted by molar-refractivity contribution is -0.137. The number of sulfonamides is 1. The van der Waals surface area contributed by atoms with Crippen molar-refractivity contribution in [2.75, 3.05) is 24.2 Å². The monoisotopic (exact) mass is 484 g/mol. The number of hydrogen-bond acceptors (Lipinski definition) is 6. The number of fused-ring (bicyclic) bond motifs is 1. The first-order valence-corrected chi connectivity index (χ1v) is 12.9. The minimum atomic E-state index is -3.37. The Balaban J connectivity index is 1.41. The highest BCUT2D eigenvalue weighted by Gasteiger charge is 2.25. The Labute approximate surface area is 199 Å². The minimum absolute atomic E-state index is 0.0773. The number of nitrogens with zero attached hydrogens (tertiary/aromatic N) is 2. The summed E-state index contributed by atoms with van der Waals surface area (Å²) in [6, 6.07) is 12.9. The summed E-state index contributed by atoms with van der Waals surface area (Å²) < 4.78 is 36.7. The van der Waals surface area contributed by atoms with E-state index in [1.165, 1.54) is 11.4 Å². The van der Waals surface area contributed by atoms with Gasteiger partial charge in [-0.05, 0) is 67.1 Å². The summed E-state index contributed by atoms with van der Waals surface area (Å²) in [5.74, 6) is 1.18. The summed E-state index contributed by atoms with van der Waals surface area (Å²) in [7, 11) is -1.87. The van der Waals surface area contributed by atoms with E-state index >= 15 is 0 Å². The Morgan fingerprint density at radius 3 is 2.79 bits per heavy atom. The standard InChI is InChI=1S/C25H28N2O6S/c1-16-23(26-25(33-16)19-5-4-6-20(13-19)27(2)34(3,30)31)11-12-32-21-9-10-22-17(14-21)7-8-18(22)15-24(28)29/h4-6,9-10,13-14,18H,7-8,11-12,15H2,1-3H3,(H,28,29)/t18-/m0/s1. The van der Waals surface area contributed by atoms with Crippen LogP contribution in [0.3, 0.4) is 0 Å². The van der Waals surface area contributed by atoms with Gasteiger partial charge in [-0.1, -0.05) is 12.1 Å². The Morgan fingerprint density at radius 2 is 2.06 bits per heavy atom. The van der Waals surface area contributed by atoms with Crippen molar-refractivity contribution in [2.24, 2.45) is 0 Å². The number of aryl methyl sites for hydroxylation is 2. The number of rotatable bonds is 9. The molecule has 0 bridgehead atoms. The molecule has 9 heteroatoms. The molecular formula is C25H28N2O6S. The molecule has 0 saturated heterocycles. The molecule has 4 rings (SSSR count). The van der Waals surface area contributed by atoms with Crippen molar-refractivity contribution in [1.29, 1.82) is 0 Å². The third-order valence-corrected chi connectivity index (χ3v) is 7.40. The SMILES string of the molecule is Cc1oc(-c2cccc(N(C)S(C)(=O)=O)c2)nc1CCOc1ccc2c(c1)CC[C@H]2CC(=O)O. The number of oxazole rings is 1. The van der Waals surface area contributed by atoms with Crippen LogP contribution in [0.2, 0.25) is 0 Å². The largest absolute Gasteiger partial charge is 0.493 e. The molecule has 0 spiro atoms. The highest BCUT2D eigenvalue weighted by molar-refractivity contribution is 7.92. The highest BCUT2D eigenvalue weighted by Crippen LogP contribution is 2.37. The molecule has 1 aliphatic rings. The molecule has 8 nitrogen and oxygen atoms in total. The van der Waals surface area contributed by atoms with Crippen molar-refractivity contribution in [3.63, 3.8) is 0 Å².